The van der Waals surface area contributed by atoms with Crippen molar-refractivity contribution in [2.45, 2.75) is 39.2 Å². The molecule has 3 nitrogen and oxygen atoms in total. The van der Waals surface area contributed by atoms with Crippen LogP contribution in [0, 0.1) is 18.7 Å². The molecule has 0 aliphatic carbocycles. The number of carboxylic acids is 1. The van der Waals surface area contributed by atoms with Crippen molar-refractivity contribution in [2.75, 3.05) is 6.54 Å². The molecule has 0 spiro atoms. The summed E-state index contributed by atoms with van der Waals surface area (Å²) >= 11 is 0. The van der Waals surface area contributed by atoms with Gasteiger partial charge in [0.15, 0.2) is 0 Å². The summed E-state index contributed by atoms with van der Waals surface area (Å²) in [6.07, 6.45) is 0.569. The van der Waals surface area contributed by atoms with Crippen LogP contribution in [0.1, 0.15) is 48.9 Å². The molecule has 1 aliphatic heterocycles. The molecule has 2 atom stereocenters. The number of carboxylic acid groups (broad SMARTS) is 1. The topological polar surface area (TPSA) is 49.3 Å². The van der Waals surface area contributed by atoms with Gasteiger partial charge in [0, 0.05) is 12.6 Å². The van der Waals surface area contributed by atoms with Gasteiger partial charge < -0.3 is 10.4 Å². The Hall–Kier alpha value is -1.42. The number of halogens is 1. The van der Waals surface area contributed by atoms with Gasteiger partial charge in [0.1, 0.15) is 5.82 Å². The molecule has 0 radical (unpaired) electrons. The minimum atomic E-state index is -0.765. The lowest BCUT2D eigenvalue weighted by atomic mass is 9.91. The molecule has 1 aromatic carbocycles. The summed E-state index contributed by atoms with van der Waals surface area (Å²) in [5, 5.41) is 12.3. The van der Waals surface area contributed by atoms with E-state index in [0.717, 1.165) is 11.1 Å². The van der Waals surface area contributed by atoms with Crippen molar-refractivity contribution in [1.82, 2.24) is 5.32 Å². The zero-order chi connectivity index (χ0) is 14.2. The van der Waals surface area contributed by atoms with Crippen LogP contribution in [-0.4, -0.2) is 17.6 Å². The molecule has 1 aromatic rings. The Morgan fingerprint density at radius 1 is 1.47 bits per heavy atom. The molecule has 0 aromatic heterocycles. The molecule has 1 heterocycles. The molecular formula is C15H20FNO2. The Labute approximate surface area is 112 Å². The van der Waals surface area contributed by atoms with Gasteiger partial charge in [-0.3, -0.25) is 4.79 Å². The van der Waals surface area contributed by atoms with Crippen LogP contribution < -0.4 is 5.32 Å². The predicted molar refractivity (Wildman–Crippen MR) is 71.7 cm³/mol. The fourth-order valence-corrected chi connectivity index (χ4v) is 2.69. The Kier molecular flexibility index (Phi) is 3.90. The van der Waals surface area contributed by atoms with Gasteiger partial charge in [0.05, 0.1) is 5.92 Å². The predicted octanol–water partition coefficient (Wildman–Crippen LogP) is 2.99. The summed E-state index contributed by atoms with van der Waals surface area (Å²) in [5.74, 6) is -1.17. The van der Waals surface area contributed by atoms with E-state index < -0.39 is 5.97 Å². The van der Waals surface area contributed by atoms with E-state index in [2.05, 4.69) is 5.32 Å². The van der Waals surface area contributed by atoms with E-state index in [1.54, 1.807) is 6.07 Å². The first-order valence-corrected chi connectivity index (χ1v) is 6.66. The number of rotatable bonds is 3. The van der Waals surface area contributed by atoms with Crippen molar-refractivity contribution in [3.63, 3.8) is 0 Å². The van der Waals surface area contributed by atoms with E-state index in [9.17, 15) is 9.18 Å². The van der Waals surface area contributed by atoms with Crippen LogP contribution >= 0.6 is 0 Å². The van der Waals surface area contributed by atoms with E-state index in [1.807, 2.05) is 26.8 Å². The second-order valence-electron chi connectivity index (χ2n) is 5.62. The number of aliphatic carboxylic acids is 1. The SMILES string of the molecule is Cc1cc(F)c(C(C)C)cc1C1CC(C(=O)O)CN1. The van der Waals surface area contributed by atoms with Crippen molar-refractivity contribution in [2.24, 2.45) is 5.92 Å². The molecule has 2 rings (SSSR count). The summed E-state index contributed by atoms with van der Waals surface area (Å²) in [6.45, 7) is 6.27. The van der Waals surface area contributed by atoms with Crippen molar-refractivity contribution >= 4 is 5.97 Å². The Bertz CT molecular complexity index is 499. The number of hydrogen-bond donors (Lipinski definition) is 2. The molecule has 1 saturated heterocycles. The fraction of sp³-hybridized carbons (Fsp3) is 0.533. The second kappa shape index (κ2) is 5.29. The van der Waals surface area contributed by atoms with Gasteiger partial charge >= 0.3 is 5.97 Å². The average Bonchev–Trinajstić information content (AvgIpc) is 2.77. The highest BCUT2D eigenvalue weighted by atomic mass is 19.1. The number of benzene rings is 1. The van der Waals surface area contributed by atoms with Crippen LogP contribution in [0.2, 0.25) is 0 Å². The third kappa shape index (κ3) is 2.78. The largest absolute Gasteiger partial charge is 0.481 e. The van der Waals surface area contributed by atoms with E-state index in [0.29, 0.717) is 18.5 Å². The molecule has 1 fully saturated rings. The lowest BCUT2D eigenvalue weighted by molar-refractivity contribution is -0.141. The Balaban J connectivity index is 2.30. The molecular weight excluding hydrogens is 245 g/mol. The zero-order valence-corrected chi connectivity index (χ0v) is 11.5. The summed E-state index contributed by atoms with van der Waals surface area (Å²) in [6, 6.07) is 3.46. The van der Waals surface area contributed by atoms with E-state index in [1.165, 1.54) is 0 Å². The summed E-state index contributed by atoms with van der Waals surface area (Å²) in [5.41, 5.74) is 2.60. The molecule has 1 aliphatic rings. The van der Waals surface area contributed by atoms with Crippen LogP contribution in [0.15, 0.2) is 12.1 Å². The normalized spacial score (nSPS) is 23.0. The standard InChI is InChI=1S/C15H20FNO2/c1-8(2)11-6-12(9(3)4-13(11)16)14-5-10(7-17-14)15(18)19/h4,6,8,10,14,17H,5,7H2,1-3H3,(H,18,19). The molecule has 19 heavy (non-hydrogen) atoms. The minimum absolute atomic E-state index is 0.0131. The smallest absolute Gasteiger partial charge is 0.307 e. The second-order valence-corrected chi connectivity index (χ2v) is 5.62. The van der Waals surface area contributed by atoms with Crippen LogP contribution in [0.25, 0.3) is 0 Å². The number of hydrogen-bond acceptors (Lipinski definition) is 2. The quantitative estimate of drug-likeness (QED) is 0.883. The van der Waals surface area contributed by atoms with Crippen LogP contribution in [-0.2, 0) is 4.79 Å². The van der Waals surface area contributed by atoms with E-state index in [4.69, 9.17) is 5.11 Å². The van der Waals surface area contributed by atoms with Crippen LogP contribution in [0.3, 0.4) is 0 Å². The van der Waals surface area contributed by atoms with E-state index >= 15 is 0 Å². The first kappa shape index (κ1) is 14.0. The number of nitrogens with one attached hydrogen (secondary N) is 1. The van der Waals surface area contributed by atoms with Crippen LogP contribution in [0.4, 0.5) is 4.39 Å². The number of aryl methyl sites for hydroxylation is 1. The maximum atomic E-state index is 13.9. The average molecular weight is 265 g/mol. The monoisotopic (exact) mass is 265 g/mol. The molecule has 0 bridgehead atoms. The third-order valence-corrected chi connectivity index (χ3v) is 3.86. The Morgan fingerprint density at radius 2 is 2.16 bits per heavy atom. The highest BCUT2D eigenvalue weighted by Crippen LogP contribution is 2.32. The van der Waals surface area contributed by atoms with Gasteiger partial charge in [-0.1, -0.05) is 19.9 Å². The molecule has 2 unspecified atom stereocenters. The molecule has 2 N–H and O–H groups in total. The van der Waals surface area contributed by atoms with Gasteiger partial charge in [0.25, 0.3) is 0 Å². The van der Waals surface area contributed by atoms with Crippen molar-refractivity contribution in [3.05, 3.63) is 34.6 Å². The third-order valence-electron chi connectivity index (χ3n) is 3.86. The maximum absolute atomic E-state index is 13.9. The Morgan fingerprint density at radius 3 is 2.68 bits per heavy atom. The summed E-state index contributed by atoms with van der Waals surface area (Å²) < 4.78 is 13.9. The van der Waals surface area contributed by atoms with Crippen molar-refractivity contribution in [1.29, 1.82) is 0 Å². The van der Waals surface area contributed by atoms with Gasteiger partial charge in [-0.15, -0.1) is 0 Å². The molecule has 104 valence electrons. The highest BCUT2D eigenvalue weighted by molar-refractivity contribution is 5.70. The van der Waals surface area contributed by atoms with Gasteiger partial charge in [0.2, 0.25) is 0 Å². The van der Waals surface area contributed by atoms with Gasteiger partial charge in [-0.05, 0) is 42.0 Å². The number of carbonyl (C=O) groups is 1. The lowest BCUT2D eigenvalue weighted by Gasteiger charge is -2.17. The molecule has 0 amide bonds. The molecule has 4 heteroatoms. The molecule has 0 saturated carbocycles. The maximum Gasteiger partial charge on any atom is 0.307 e. The van der Waals surface area contributed by atoms with Crippen LogP contribution in [0.5, 0.6) is 0 Å². The van der Waals surface area contributed by atoms with Gasteiger partial charge in [-0.25, -0.2) is 4.39 Å². The zero-order valence-electron chi connectivity index (χ0n) is 11.5. The van der Waals surface area contributed by atoms with E-state index in [-0.39, 0.29) is 23.7 Å². The summed E-state index contributed by atoms with van der Waals surface area (Å²) in [4.78, 5) is 11.0. The highest BCUT2D eigenvalue weighted by Gasteiger charge is 2.31. The fourth-order valence-electron chi connectivity index (χ4n) is 2.69. The first-order valence-electron chi connectivity index (χ1n) is 6.66. The lowest BCUT2D eigenvalue weighted by Crippen LogP contribution is -2.17. The van der Waals surface area contributed by atoms with Gasteiger partial charge in [-0.2, -0.15) is 0 Å². The van der Waals surface area contributed by atoms with Crippen molar-refractivity contribution in [3.8, 4) is 0 Å². The minimum Gasteiger partial charge on any atom is -0.481 e. The first-order chi connectivity index (χ1) is 8.90. The summed E-state index contributed by atoms with van der Waals surface area (Å²) in [7, 11) is 0. The van der Waals surface area contributed by atoms with Crippen molar-refractivity contribution < 1.29 is 14.3 Å².